The second kappa shape index (κ2) is 9.09. The molecule has 0 amide bonds. The Bertz CT molecular complexity index is 1360. The van der Waals surface area contributed by atoms with Gasteiger partial charge in [0.1, 0.15) is 23.4 Å². The summed E-state index contributed by atoms with van der Waals surface area (Å²) in [6, 6.07) is 10.9. The quantitative estimate of drug-likeness (QED) is 0.366. The number of benzene rings is 2. The molecule has 34 heavy (non-hydrogen) atoms. The highest BCUT2D eigenvalue weighted by Gasteiger charge is 2.35. The number of nitrogens with zero attached hydrogens (tertiary/aromatic N) is 3. The number of methoxy groups -OCH3 is 1. The molecule has 2 aromatic carbocycles. The van der Waals surface area contributed by atoms with Crippen LogP contribution in [-0.2, 0) is 11.0 Å². The third kappa shape index (κ3) is 4.28. The second-order valence-electron chi connectivity index (χ2n) is 7.69. The maximum Gasteiger partial charge on any atom is 0.416 e. The molecule has 1 atom stereocenters. The van der Waals surface area contributed by atoms with E-state index in [1.54, 1.807) is 43.7 Å². The molecule has 0 aliphatic heterocycles. The maximum absolute atomic E-state index is 13.8. The first-order valence-electron chi connectivity index (χ1n) is 10.4. The molecule has 1 N–H and O–H groups in total. The molecule has 0 radical (unpaired) electrons. The van der Waals surface area contributed by atoms with Gasteiger partial charge in [0.15, 0.2) is 5.82 Å². The van der Waals surface area contributed by atoms with E-state index < -0.39 is 17.7 Å². The zero-order valence-corrected chi connectivity index (χ0v) is 18.6. The molecule has 0 saturated carbocycles. The van der Waals surface area contributed by atoms with Crippen molar-refractivity contribution in [3.63, 3.8) is 0 Å². The van der Waals surface area contributed by atoms with Crippen molar-refractivity contribution >= 4 is 23.0 Å². The summed E-state index contributed by atoms with van der Waals surface area (Å²) in [5, 5.41) is 3.62. The number of aldehydes is 1. The maximum atomic E-state index is 13.8. The predicted molar refractivity (Wildman–Crippen MR) is 124 cm³/mol. The lowest BCUT2D eigenvalue weighted by atomic mass is 9.92. The van der Waals surface area contributed by atoms with Gasteiger partial charge in [-0.2, -0.15) is 13.2 Å². The van der Waals surface area contributed by atoms with Gasteiger partial charge >= 0.3 is 6.18 Å². The van der Waals surface area contributed by atoms with Gasteiger partial charge in [-0.15, -0.1) is 0 Å². The van der Waals surface area contributed by atoms with Crippen molar-refractivity contribution in [3.8, 4) is 28.3 Å². The lowest BCUT2D eigenvalue weighted by Gasteiger charge is -2.17. The van der Waals surface area contributed by atoms with E-state index in [1.807, 2.05) is 6.07 Å². The molecule has 0 aliphatic rings. The Morgan fingerprint density at radius 3 is 2.47 bits per heavy atom. The highest BCUT2D eigenvalue weighted by molar-refractivity contribution is 5.97. The molecule has 0 spiro atoms. The van der Waals surface area contributed by atoms with Crippen molar-refractivity contribution in [1.29, 1.82) is 0 Å². The van der Waals surface area contributed by atoms with E-state index in [1.165, 1.54) is 20.1 Å². The SMILES string of the molecule is CNc1nc(-c2cccnc2)nc2c(OC)cc(-c3ccc(C(C)C=O)c(C(F)(F)F)c3)cc12. The Balaban J connectivity index is 1.94. The summed E-state index contributed by atoms with van der Waals surface area (Å²) in [6.07, 6.45) is -0.824. The summed E-state index contributed by atoms with van der Waals surface area (Å²) in [4.78, 5) is 24.5. The lowest BCUT2D eigenvalue weighted by molar-refractivity contribution is -0.138. The first kappa shape index (κ1) is 23.2. The number of nitrogens with one attached hydrogen (secondary N) is 1. The van der Waals surface area contributed by atoms with Crippen LogP contribution in [0.25, 0.3) is 33.4 Å². The van der Waals surface area contributed by atoms with Gasteiger partial charge in [-0.25, -0.2) is 9.97 Å². The number of carbonyl (C=O) groups is 1. The first-order chi connectivity index (χ1) is 16.3. The molecule has 0 bridgehead atoms. The van der Waals surface area contributed by atoms with Crippen LogP contribution in [0.2, 0.25) is 0 Å². The van der Waals surface area contributed by atoms with E-state index in [9.17, 15) is 18.0 Å². The fraction of sp³-hybridized carbons (Fsp3) is 0.200. The highest BCUT2D eigenvalue weighted by atomic mass is 19.4. The van der Waals surface area contributed by atoms with Gasteiger partial charge in [0.2, 0.25) is 0 Å². The van der Waals surface area contributed by atoms with E-state index in [0.717, 1.165) is 6.07 Å². The van der Waals surface area contributed by atoms with Crippen molar-refractivity contribution in [1.82, 2.24) is 15.0 Å². The Hall–Kier alpha value is -4.01. The molecule has 1 unspecified atom stereocenters. The number of ether oxygens (including phenoxy) is 1. The minimum Gasteiger partial charge on any atom is -0.494 e. The van der Waals surface area contributed by atoms with Crippen molar-refractivity contribution in [2.45, 2.75) is 19.0 Å². The van der Waals surface area contributed by atoms with E-state index in [-0.39, 0.29) is 5.56 Å². The summed E-state index contributed by atoms with van der Waals surface area (Å²) < 4.78 is 46.9. The monoisotopic (exact) mass is 466 g/mol. The largest absolute Gasteiger partial charge is 0.494 e. The van der Waals surface area contributed by atoms with Crippen LogP contribution in [0.5, 0.6) is 5.75 Å². The van der Waals surface area contributed by atoms with E-state index in [0.29, 0.717) is 51.3 Å². The summed E-state index contributed by atoms with van der Waals surface area (Å²) >= 11 is 0. The van der Waals surface area contributed by atoms with E-state index in [4.69, 9.17) is 4.74 Å². The minimum atomic E-state index is -4.61. The van der Waals surface area contributed by atoms with Gasteiger partial charge < -0.3 is 14.8 Å². The molecule has 2 aromatic heterocycles. The highest BCUT2D eigenvalue weighted by Crippen LogP contribution is 2.40. The third-order valence-corrected chi connectivity index (χ3v) is 5.53. The number of alkyl halides is 3. The zero-order chi connectivity index (χ0) is 24.5. The fourth-order valence-electron chi connectivity index (χ4n) is 3.79. The van der Waals surface area contributed by atoms with Gasteiger partial charge in [0.25, 0.3) is 0 Å². The molecule has 9 heteroatoms. The number of fused-ring (bicyclic) bond motifs is 1. The standard InChI is InChI=1S/C25H21F3N4O2/c1-14(13-33)18-7-6-15(10-20(18)25(26,27)28)17-9-19-22(21(11-17)34-3)31-23(32-24(19)29-2)16-5-4-8-30-12-16/h4-14H,1-3H3,(H,29,31,32). The van der Waals surface area contributed by atoms with Crippen LogP contribution in [-0.4, -0.2) is 35.4 Å². The smallest absolute Gasteiger partial charge is 0.416 e. The Kier molecular flexibility index (Phi) is 6.19. The molecule has 4 aromatic rings. The number of rotatable bonds is 6. The average molecular weight is 466 g/mol. The van der Waals surface area contributed by atoms with Crippen molar-refractivity contribution < 1.29 is 22.7 Å². The average Bonchev–Trinajstić information content (AvgIpc) is 2.86. The molecule has 4 rings (SSSR count). The Morgan fingerprint density at radius 2 is 1.85 bits per heavy atom. The normalized spacial score (nSPS) is 12.4. The van der Waals surface area contributed by atoms with Crippen LogP contribution in [0.4, 0.5) is 19.0 Å². The number of aromatic nitrogens is 3. The van der Waals surface area contributed by atoms with Gasteiger partial charge in [-0.1, -0.05) is 19.1 Å². The summed E-state index contributed by atoms with van der Waals surface area (Å²) in [7, 11) is 3.17. The number of hydrogen-bond donors (Lipinski definition) is 1. The predicted octanol–water partition coefficient (Wildman–Crippen LogP) is 5.73. The van der Waals surface area contributed by atoms with Crippen molar-refractivity contribution in [2.24, 2.45) is 0 Å². The molecule has 0 aliphatic carbocycles. The number of pyridine rings is 1. The molecule has 174 valence electrons. The van der Waals surface area contributed by atoms with Crippen LogP contribution in [0.15, 0.2) is 54.9 Å². The molecular formula is C25H21F3N4O2. The van der Waals surface area contributed by atoms with E-state index in [2.05, 4.69) is 20.3 Å². The molecule has 0 fully saturated rings. The fourth-order valence-corrected chi connectivity index (χ4v) is 3.79. The van der Waals surface area contributed by atoms with Gasteiger partial charge in [0, 0.05) is 36.3 Å². The minimum absolute atomic E-state index is 0.0700. The lowest BCUT2D eigenvalue weighted by Crippen LogP contribution is -2.12. The van der Waals surface area contributed by atoms with Crippen molar-refractivity contribution in [2.75, 3.05) is 19.5 Å². The first-order valence-corrected chi connectivity index (χ1v) is 10.4. The van der Waals surface area contributed by atoms with Crippen LogP contribution in [0.3, 0.4) is 0 Å². The molecular weight excluding hydrogens is 445 g/mol. The van der Waals surface area contributed by atoms with Gasteiger partial charge in [0.05, 0.1) is 12.7 Å². The number of carbonyl (C=O) groups excluding carboxylic acids is 1. The number of halogens is 3. The Labute approximate surface area is 193 Å². The zero-order valence-electron chi connectivity index (χ0n) is 18.6. The van der Waals surface area contributed by atoms with Gasteiger partial charge in [-0.05, 0) is 47.0 Å². The van der Waals surface area contributed by atoms with Crippen LogP contribution < -0.4 is 10.1 Å². The number of hydrogen-bond acceptors (Lipinski definition) is 6. The van der Waals surface area contributed by atoms with Crippen LogP contribution >= 0.6 is 0 Å². The van der Waals surface area contributed by atoms with E-state index >= 15 is 0 Å². The van der Waals surface area contributed by atoms with Gasteiger partial charge in [-0.3, -0.25) is 4.98 Å². The van der Waals surface area contributed by atoms with Crippen LogP contribution in [0.1, 0.15) is 24.0 Å². The topological polar surface area (TPSA) is 77.0 Å². The third-order valence-electron chi connectivity index (χ3n) is 5.53. The van der Waals surface area contributed by atoms with Crippen molar-refractivity contribution in [3.05, 3.63) is 66.0 Å². The summed E-state index contributed by atoms with van der Waals surface area (Å²) in [6.45, 7) is 1.44. The molecule has 2 heterocycles. The Morgan fingerprint density at radius 1 is 1.06 bits per heavy atom. The number of anilines is 1. The molecule has 0 saturated heterocycles. The summed E-state index contributed by atoms with van der Waals surface area (Å²) in [5.41, 5.74) is 1.12. The summed E-state index contributed by atoms with van der Waals surface area (Å²) in [5.74, 6) is 0.427. The van der Waals surface area contributed by atoms with Crippen LogP contribution in [0, 0.1) is 0 Å². The second-order valence-corrected chi connectivity index (χ2v) is 7.69. The molecule has 6 nitrogen and oxygen atoms in total.